The summed E-state index contributed by atoms with van der Waals surface area (Å²) >= 11 is 0. The Balaban J connectivity index is 1.70. The molecule has 0 amide bonds. The third kappa shape index (κ3) is 2.23. The predicted octanol–water partition coefficient (Wildman–Crippen LogP) is 3.94. The normalized spacial score (nSPS) is 31.5. The van der Waals surface area contributed by atoms with Crippen LogP contribution in [0.25, 0.3) is 0 Å². The molecule has 2 atom stereocenters. The molecule has 0 radical (unpaired) electrons. The van der Waals surface area contributed by atoms with Crippen LogP contribution in [0.4, 0.5) is 0 Å². The summed E-state index contributed by atoms with van der Waals surface area (Å²) in [6, 6.07) is 8.86. The molecule has 3 rings (SSSR count). The van der Waals surface area contributed by atoms with E-state index in [9.17, 15) is 0 Å². The Hall–Kier alpha value is -0.795. The molecule has 1 aliphatic heterocycles. The van der Waals surface area contributed by atoms with E-state index < -0.39 is 0 Å². The zero-order valence-electron chi connectivity index (χ0n) is 12.6. The lowest BCUT2D eigenvalue weighted by molar-refractivity contribution is 0.00578. The van der Waals surface area contributed by atoms with E-state index in [0.717, 1.165) is 0 Å². The first kappa shape index (κ1) is 13.2. The molecule has 0 spiro atoms. The molecule has 102 valence electrons. The van der Waals surface area contributed by atoms with Crippen molar-refractivity contribution in [3.63, 3.8) is 0 Å². The molecule has 3 heteroatoms. The van der Waals surface area contributed by atoms with E-state index in [1.165, 1.54) is 17.5 Å². The number of hydrogen-bond acceptors (Lipinski definition) is 2. The van der Waals surface area contributed by atoms with Gasteiger partial charge in [-0.15, -0.1) is 0 Å². The Morgan fingerprint density at radius 1 is 1.00 bits per heavy atom. The van der Waals surface area contributed by atoms with Gasteiger partial charge in [0.2, 0.25) is 0 Å². The summed E-state index contributed by atoms with van der Waals surface area (Å²) in [4.78, 5) is 0. The van der Waals surface area contributed by atoms with Crippen molar-refractivity contribution in [3.8, 4) is 0 Å². The average molecular weight is 258 g/mol. The van der Waals surface area contributed by atoms with Gasteiger partial charge in [0.15, 0.2) is 0 Å². The minimum Gasteiger partial charge on any atom is -0.403 e. The molecule has 0 N–H and O–H groups in total. The van der Waals surface area contributed by atoms with Crippen LogP contribution in [-0.4, -0.2) is 18.3 Å². The summed E-state index contributed by atoms with van der Waals surface area (Å²) in [5.74, 6) is 1.12. The molecule has 19 heavy (non-hydrogen) atoms. The van der Waals surface area contributed by atoms with Crippen LogP contribution in [0.15, 0.2) is 24.3 Å². The van der Waals surface area contributed by atoms with Crippen molar-refractivity contribution in [2.24, 2.45) is 0 Å². The number of aryl methyl sites for hydroxylation is 1. The highest BCUT2D eigenvalue weighted by atomic mass is 16.7. The zero-order chi connectivity index (χ0) is 13.8. The SMILES string of the molecule is Cc1ccc(C2C[C@H]2B2OC(C)(C)C(C)(C)O2)cc1. The summed E-state index contributed by atoms with van der Waals surface area (Å²) < 4.78 is 12.3. The largest absolute Gasteiger partial charge is 0.461 e. The first-order chi connectivity index (χ1) is 8.80. The minimum absolute atomic E-state index is 0.0451. The van der Waals surface area contributed by atoms with Gasteiger partial charge in [0.1, 0.15) is 0 Å². The average Bonchev–Trinajstić information content (AvgIpc) is 3.04. The number of rotatable bonds is 2. The zero-order valence-corrected chi connectivity index (χ0v) is 12.6. The van der Waals surface area contributed by atoms with Gasteiger partial charge < -0.3 is 9.31 Å². The molecule has 2 aliphatic rings. The second-order valence-corrected chi connectivity index (χ2v) is 7.04. The maximum atomic E-state index is 6.14. The molecule has 2 nitrogen and oxygen atoms in total. The molecule has 1 aliphatic carbocycles. The van der Waals surface area contributed by atoms with E-state index in [1.54, 1.807) is 0 Å². The van der Waals surface area contributed by atoms with Crippen molar-refractivity contribution in [2.45, 2.75) is 64.0 Å². The quantitative estimate of drug-likeness (QED) is 0.748. The van der Waals surface area contributed by atoms with Gasteiger partial charge in [-0.3, -0.25) is 0 Å². The van der Waals surface area contributed by atoms with Crippen LogP contribution in [0, 0.1) is 6.92 Å². The Morgan fingerprint density at radius 2 is 1.53 bits per heavy atom. The first-order valence-electron chi connectivity index (χ1n) is 7.22. The first-order valence-corrected chi connectivity index (χ1v) is 7.22. The maximum Gasteiger partial charge on any atom is 0.461 e. The van der Waals surface area contributed by atoms with E-state index in [-0.39, 0.29) is 18.3 Å². The third-order valence-corrected chi connectivity index (χ3v) is 4.97. The monoisotopic (exact) mass is 258 g/mol. The minimum atomic E-state index is -0.210. The Bertz CT molecular complexity index is 462. The molecule has 1 saturated heterocycles. The summed E-state index contributed by atoms with van der Waals surface area (Å²) in [7, 11) is -0.0451. The summed E-state index contributed by atoms with van der Waals surface area (Å²) in [5.41, 5.74) is 2.32. The van der Waals surface area contributed by atoms with Gasteiger partial charge in [0.25, 0.3) is 0 Å². The lowest BCUT2D eigenvalue weighted by Gasteiger charge is -2.32. The molecule has 0 aromatic heterocycles. The highest BCUT2D eigenvalue weighted by Crippen LogP contribution is 2.58. The van der Waals surface area contributed by atoms with Crippen LogP contribution in [-0.2, 0) is 9.31 Å². The van der Waals surface area contributed by atoms with E-state index in [4.69, 9.17) is 9.31 Å². The van der Waals surface area contributed by atoms with Crippen LogP contribution in [0.1, 0.15) is 51.2 Å². The van der Waals surface area contributed by atoms with Crippen LogP contribution in [0.3, 0.4) is 0 Å². The highest BCUT2D eigenvalue weighted by molar-refractivity contribution is 6.49. The molecule has 1 unspecified atom stereocenters. The van der Waals surface area contributed by atoms with E-state index in [0.29, 0.717) is 11.7 Å². The van der Waals surface area contributed by atoms with Crippen molar-refractivity contribution < 1.29 is 9.31 Å². The lowest BCUT2D eigenvalue weighted by Crippen LogP contribution is -2.41. The van der Waals surface area contributed by atoms with E-state index in [1.807, 2.05) is 0 Å². The Labute approximate surface area is 116 Å². The molecule has 1 heterocycles. The van der Waals surface area contributed by atoms with Crippen molar-refractivity contribution in [1.29, 1.82) is 0 Å². The molecule has 1 saturated carbocycles. The second-order valence-electron chi connectivity index (χ2n) is 7.04. The molecule has 2 fully saturated rings. The smallest absolute Gasteiger partial charge is 0.403 e. The molecule has 1 aromatic carbocycles. The number of hydrogen-bond donors (Lipinski definition) is 0. The van der Waals surface area contributed by atoms with Gasteiger partial charge in [-0.05, 0) is 52.5 Å². The summed E-state index contributed by atoms with van der Waals surface area (Å²) in [6.07, 6.45) is 1.18. The van der Waals surface area contributed by atoms with Gasteiger partial charge in [-0.1, -0.05) is 29.8 Å². The third-order valence-electron chi connectivity index (χ3n) is 4.97. The van der Waals surface area contributed by atoms with Gasteiger partial charge in [-0.2, -0.15) is 0 Å². The van der Waals surface area contributed by atoms with Crippen molar-refractivity contribution in [3.05, 3.63) is 35.4 Å². The highest BCUT2D eigenvalue weighted by Gasteiger charge is 2.59. The molecule has 0 bridgehead atoms. The standard InChI is InChI=1S/C16H23BO2/c1-11-6-8-12(9-7-11)13-10-14(13)17-18-15(2,3)16(4,5)19-17/h6-9,13-14H,10H2,1-5H3/t13?,14-/m1/s1. The second kappa shape index (κ2) is 4.10. The van der Waals surface area contributed by atoms with E-state index >= 15 is 0 Å². The topological polar surface area (TPSA) is 18.5 Å². The fourth-order valence-corrected chi connectivity index (χ4v) is 2.78. The van der Waals surface area contributed by atoms with Crippen molar-refractivity contribution >= 4 is 7.12 Å². The van der Waals surface area contributed by atoms with Crippen molar-refractivity contribution in [2.75, 3.05) is 0 Å². The van der Waals surface area contributed by atoms with Gasteiger partial charge >= 0.3 is 7.12 Å². The van der Waals surface area contributed by atoms with Gasteiger partial charge in [-0.25, -0.2) is 0 Å². The Kier molecular flexibility index (Phi) is 2.85. The van der Waals surface area contributed by atoms with Crippen molar-refractivity contribution in [1.82, 2.24) is 0 Å². The maximum absolute atomic E-state index is 6.14. The van der Waals surface area contributed by atoms with E-state index in [2.05, 4.69) is 58.9 Å². The van der Waals surface area contributed by atoms with Crippen LogP contribution in [0.5, 0.6) is 0 Å². The lowest BCUT2D eigenvalue weighted by atomic mass is 9.79. The fourth-order valence-electron chi connectivity index (χ4n) is 2.78. The van der Waals surface area contributed by atoms with Crippen LogP contribution in [0.2, 0.25) is 5.82 Å². The van der Waals surface area contributed by atoms with Gasteiger partial charge in [0, 0.05) is 5.82 Å². The van der Waals surface area contributed by atoms with Crippen LogP contribution < -0.4 is 0 Å². The number of benzene rings is 1. The molecular weight excluding hydrogens is 235 g/mol. The fraction of sp³-hybridized carbons (Fsp3) is 0.625. The molecular formula is C16H23BO2. The van der Waals surface area contributed by atoms with Crippen LogP contribution >= 0.6 is 0 Å². The molecule has 1 aromatic rings. The predicted molar refractivity (Wildman–Crippen MR) is 78.4 cm³/mol. The Morgan fingerprint density at radius 3 is 2.05 bits per heavy atom. The summed E-state index contributed by atoms with van der Waals surface area (Å²) in [6.45, 7) is 10.6. The summed E-state index contributed by atoms with van der Waals surface area (Å²) in [5, 5.41) is 0. The van der Waals surface area contributed by atoms with Gasteiger partial charge in [0.05, 0.1) is 11.2 Å².